The van der Waals surface area contributed by atoms with E-state index in [2.05, 4.69) is 4.74 Å². The lowest BCUT2D eigenvalue weighted by atomic mass is 9.88. The number of thioether (sulfide) groups is 1. The van der Waals surface area contributed by atoms with Crippen LogP contribution in [0.1, 0.15) is 20.3 Å². The standard InChI is InChI=1S/C9H16O3S/c1-9(2,8(11)12-3)5-7(10)6-13-4/h5-6H2,1-4H3. The van der Waals surface area contributed by atoms with Gasteiger partial charge in [0.1, 0.15) is 5.78 Å². The van der Waals surface area contributed by atoms with Gasteiger partial charge in [-0.25, -0.2) is 0 Å². The lowest BCUT2D eigenvalue weighted by molar-refractivity contribution is -0.152. The van der Waals surface area contributed by atoms with E-state index < -0.39 is 5.41 Å². The Kier molecular flexibility index (Phi) is 5.06. The molecule has 0 radical (unpaired) electrons. The number of carbonyl (C=O) groups is 2. The van der Waals surface area contributed by atoms with Gasteiger partial charge >= 0.3 is 5.97 Å². The van der Waals surface area contributed by atoms with E-state index in [-0.39, 0.29) is 18.2 Å². The van der Waals surface area contributed by atoms with Crippen LogP contribution in [0.4, 0.5) is 0 Å². The summed E-state index contributed by atoms with van der Waals surface area (Å²) >= 11 is 1.47. The van der Waals surface area contributed by atoms with Crippen molar-refractivity contribution in [3.05, 3.63) is 0 Å². The van der Waals surface area contributed by atoms with E-state index in [1.807, 2.05) is 6.26 Å². The molecule has 0 saturated heterocycles. The molecule has 0 bridgehead atoms. The molecular weight excluding hydrogens is 188 g/mol. The van der Waals surface area contributed by atoms with Crippen LogP contribution in [0.25, 0.3) is 0 Å². The minimum atomic E-state index is -0.693. The van der Waals surface area contributed by atoms with E-state index in [1.165, 1.54) is 18.9 Å². The van der Waals surface area contributed by atoms with Crippen LogP contribution in [-0.4, -0.2) is 30.9 Å². The average molecular weight is 204 g/mol. The smallest absolute Gasteiger partial charge is 0.311 e. The Morgan fingerprint density at radius 1 is 1.38 bits per heavy atom. The van der Waals surface area contributed by atoms with Crippen LogP contribution in [0, 0.1) is 5.41 Å². The lowest BCUT2D eigenvalue weighted by Gasteiger charge is -2.19. The van der Waals surface area contributed by atoms with Crippen molar-refractivity contribution < 1.29 is 14.3 Å². The topological polar surface area (TPSA) is 43.4 Å². The molecule has 0 atom stereocenters. The fourth-order valence-electron chi connectivity index (χ4n) is 1.05. The Hall–Kier alpha value is -0.510. The maximum Gasteiger partial charge on any atom is 0.311 e. The molecule has 0 fully saturated rings. The molecule has 0 aromatic heterocycles. The van der Waals surface area contributed by atoms with Gasteiger partial charge in [-0.15, -0.1) is 0 Å². The molecule has 0 unspecified atom stereocenters. The minimum Gasteiger partial charge on any atom is -0.469 e. The molecule has 0 aliphatic carbocycles. The van der Waals surface area contributed by atoms with Gasteiger partial charge in [0, 0.05) is 6.42 Å². The molecule has 0 aromatic carbocycles. The van der Waals surface area contributed by atoms with E-state index in [1.54, 1.807) is 13.8 Å². The Labute approximate surface area is 83.2 Å². The molecule has 0 saturated carbocycles. The largest absolute Gasteiger partial charge is 0.469 e. The third kappa shape index (κ3) is 4.31. The van der Waals surface area contributed by atoms with Gasteiger partial charge in [0.15, 0.2) is 0 Å². The Bertz CT molecular complexity index is 199. The van der Waals surface area contributed by atoms with Gasteiger partial charge in [0.05, 0.1) is 18.3 Å². The molecule has 3 nitrogen and oxygen atoms in total. The maximum absolute atomic E-state index is 11.3. The Morgan fingerprint density at radius 3 is 2.31 bits per heavy atom. The van der Waals surface area contributed by atoms with Crippen molar-refractivity contribution in [1.82, 2.24) is 0 Å². The van der Waals surface area contributed by atoms with Crippen LogP contribution in [0.5, 0.6) is 0 Å². The van der Waals surface area contributed by atoms with Crippen LogP contribution in [-0.2, 0) is 14.3 Å². The van der Waals surface area contributed by atoms with Gasteiger partial charge in [-0.05, 0) is 20.1 Å². The number of Topliss-reactive ketones (excluding diaryl/α,β-unsaturated/α-hetero) is 1. The van der Waals surface area contributed by atoms with Crippen LogP contribution >= 0.6 is 11.8 Å². The van der Waals surface area contributed by atoms with Gasteiger partial charge in [-0.2, -0.15) is 11.8 Å². The molecule has 0 aliphatic heterocycles. The first-order valence-corrected chi connectivity index (χ1v) is 5.42. The van der Waals surface area contributed by atoms with E-state index in [0.717, 1.165) is 0 Å². The number of ether oxygens (including phenoxy) is 1. The van der Waals surface area contributed by atoms with E-state index >= 15 is 0 Å². The first-order chi connectivity index (χ1) is 5.94. The SMILES string of the molecule is COC(=O)C(C)(C)CC(=O)CSC. The van der Waals surface area contributed by atoms with Crippen molar-refractivity contribution in [3.63, 3.8) is 0 Å². The summed E-state index contributed by atoms with van der Waals surface area (Å²) in [6.45, 7) is 3.44. The summed E-state index contributed by atoms with van der Waals surface area (Å²) in [4.78, 5) is 22.4. The van der Waals surface area contributed by atoms with Gasteiger partial charge in [-0.3, -0.25) is 9.59 Å². The number of ketones is 1. The Morgan fingerprint density at radius 2 is 1.92 bits per heavy atom. The zero-order valence-corrected chi connectivity index (χ0v) is 9.36. The maximum atomic E-state index is 11.3. The molecule has 13 heavy (non-hydrogen) atoms. The quantitative estimate of drug-likeness (QED) is 0.637. The summed E-state index contributed by atoms with van der Waals surface area (Å²) < 4.78 is 4.60. The highest BCUT2D eigenvalue weighted by atomic mass is 32.2. The number of methoxy groups -OCH3 is 1. The second kappa shape index (κ2) is 5.27. The fraction of sp³-hybridized carbons (Fsp3) is 0.778. The van der Waals surface area contributed by atoms with Gasteiger partial charge in [0.2, 0.25) is 0 Å². The van der Waals surface area contributed by atoms with Crippen LogP contribution in [0.2, 0.25) is 0 Å². The number of esters is 1. The van der Waals surface area contributed by atoms with Crippen molar-refractivity contribution in [2.75, 3.05) is 19.1 Å². The van der Waals surface area contributed by atoms with Crippen molar-refractivity contribution in [2.24, 2.45) is 5.41 Å². The third-order valence-electron chi connectivity index (χ3n) is 1.68. The van der Waals surface area contributed by atoms with Crippen molar-refractivity contribution in [3.8, 4) is 0 Å². The molecule has 0 rings (SSSR count). The summed E-state index contributed by atoms with van der Waals surface area (Å²) in [5, 5.41) is 0. The second-order valence-electron chi connectivity index (χ2n) is 3.52. The van der Waals surface area contributed by atoms with Gasteiger partial charge < -0.3 is 4.74 Å². The van der Waals surface area contributed by atoms with Crippen molar-refractivity contribution >= 4 is 23.5 Å². The molecule has 4 heteroatoms. The number of rotatable bonds is 5. The summed E-state index contributed by atoms with van der Waals surface area (Å²) in [5.74, 6) is 0.213. The highest BCUT2D eigenvalue weighted by molar-refractivity contribution is 7.99. The van der Waals surface area contributed by atoms with E-state index in [9.17, 15) is 9.59 Å². The first kappa shape index (κ1) is 12.5. The first-order valence-electron chi connectivity index (χ1n) is 4.03. The number of hydrogen-bond donors (Lipinski definition) is 0. The summed E-state index contributed by atoms with van der Waals surface area (Å²) in [6, 6.07) is 0. The minimum absolute atomic E-state index is 0.0860. The molecular formula is C9H16O3S. The highest BCUT2D eigenvalue weighted by Crippen LogP contribution is 2.22. The predicted molar refractivity (Wildman–Crippen MR) is 53.8 cm³/mol. The highest BCUT2D eigenvalue weighted by Gasteiger charge is 2.30. The van der Waals surface area contributed by atoms with E-state index in [4.69, 9.17) is 0 Å². The normalized spacial score (nSPS) is 11.1. The molecule has 0 aliphatic rings. The van der Waals surface area contributed by atoms with Crippen molar-refractivity contribution in [1.29, 1.82) is 0 Å². The van der Waals surface area contributed by atoms with Crippen LogP contribution in [0.3, 0.4) is 0 Å². The van der Waals surface area contributed by atoms with Crippen LogP contribution < -0.4 is 0 Å². The number of carbonyl (C=O) groups excluding carboxylic acids is 2. The molecule has 0 amide bonds. The molecule has 76 valence electrons. The zero-order valence-electron chi connectivity index (χ0n) is 8.55. The fourth-order valence-corrected chi connectivity index (χ4v) is 1.48. The zero-order chi connectivity index (χ0) is 10.5. The summed E-state index contributed by atoms with van der Waals surface area (Å²) in [5.41, 5.74) is -0.693. The lowest BCUT2D eigenvalue weighted by Crippen LogP contribution is -2.29. The third-order valence-corrected chi connectivity index (χ3v) is 2.29. The number of hydrogen-bond acceptors (Lipinski definition) is 4. The van der Waals surface area contributed by atoms with Gasteiger partial charge in [0.25, 0.3) is 0 Å². The summed E-state index contributed by atoms with van der Waals surface area (Å²) in [7, 11) is 1.34. The van der Waals surface area contributed by atoms with Gasteiger partial charge in [-0.1, -0.05) is 0 Å². The monoisotopic (exact) mass is 204 g/mol. The molecule has 0 heterocycles. The predicted octanol–water partition coefficient (Wildman–Crippen LogP) is 1.51. The molecule has 0 aromatic rings. The van der Waals surface area contributed by atoms with E-state index in [0.29, 0.717) is 5.75 Å². The Balaban J connectivity index is 4.16. The molecule has 0 spiro atoms. The second-order valence-corrected chi connectivity index (χ2v) is 4.39. The van der Waals surface area contributed by atoms with Crippen molar-refractivity contribution in [2.45, 2.75) is 20.3 Å². The molecule has 0 N–H and O–H groups in total. The summed E-state index contributed by atoms with van der Waals surface area (Å²) in [6.07, 6.45) is 2.11. The van der Waals surface area contributed by atoms with Crippen LogP contribution in [0.15, 0.2) is 0 Å². The average Bonchev–Trinajstić information content (AvgIpc) is 2.02.